The number of halogens is 2. The number of nitrogens with one attached hydrogen (secondary N) is 1. The van der Waals surface area contributed by atoms with Gasteiger partial charge in [0.15, 0.2) is 6.10 Å². The van der Waals surface area contributed by atoms with Gasteiger partial charge in [-0.3, -0.25) is 18.4 Å². The molecule has 1 aromatic carbocycles. The number of hydrogen-bond acceptors (Lipinski definition) is 10. The Labute approximate surface area is 217 Å². The predicted molar refractivity (Wildman–Crippen MR) is 131 cm³/mol. The number of rotatable bonds is 11. The van der Waals surface area contributed by atoms with Gasteiger partial charge in [0.25, 0.3) is 0 Å². The molecule has 38 heavy (non-hydrogen) atoms. The minimum absolute atomic E-state index is 0.184. The molecule has 1 aromatic heterocycles. The normalized spacial score (nSPS) is 23.2. The molecule has 3 rings (SSSR count). The second-order valence-corrected chi connectivity index (χ2v) is 10.8. The second kappa shape index (κ2) is 12.0. The van der Waals surface area contributed by atoms with E-state index in [9.17, 15) is 28.0 Å². The van der Waals surface area contributed by atoms with Gasteiger partial charge < -0.3 is 20.3 Å². The van der Waals surface area contributed by atoms with Crippen LogP contribution in [0.2, 0.25) is 0 Å². The van der Waals surface area contributed by atoms with Crippen LogP contribution in [0.3, 0.4) is 0 Å². The fourth-order valence-electron chi connectivity index (χ4n) is 3.54. The number of aromatic nitrogens is 2. The van der Waals surface area contributed by atoms with E-state index >= 15 is 0 Å². The van der Waals surface area contributed by atoms with Gasteiger partial charge in [0.1, 0.15) is 18.0 Å². The fourth-order valence-corrected chi connectivity index (χ4v) is 5.00. The number of hydrogen-bond donors (Lipinski definition) is 3. The molecule has 12 nitrogen and oxygen atoms in total. The number of esters is 1. The van der Waals surface area contributed by atoms with Crippen LogP contribution in [0.15, 0.2) is 41.3 Å². The van der Waals surface area contributed by atoms with Crippen LogP contribution in [-0.2, 0) is 34.5 Å². The van der Waals surface area contributed by atoms with Gasteiger partial charge in [-0.1, -0.05) is 24.3 Å². The number of nitrogen functional groups attached to an aromatic ring is 1. The number of nitrogens with two attached hydrogens (primary N) is 1. The van der Waals surface area contributed by atoms with E-state index in [1.54, 1.807) is 45.0 Å². The van der Waals surface area contributed by atoms with Crippen molar-refractivity contribution >= 4 is 19.5 Å². The highest BCUT2D eigenvalue weighted by molar-refractivity contribution is 7.51. The molecular formula is C23H31F2N4O8P. The smallest absolute Gasteiger partial charge is 0.406 e. The summed E-state index contributed by atoms with van der Waals surface area (Å²) in [4.78, 5) is 27.8. The van der Waals surface area contributed by atoms with Gasteiger partial charge in [0.2, 0.25) is 6.23 Å². The van der Waals surface area contributed by atoms with Crippen LogP contribution in [0, 0.1) is 6.92 Å². The average Bonchev–Trinajstić information content (AvgIpc) is 3.05. The number of carbonyl (C=O) groups excluding carboxylic acids is 1. The number of ether oxygens (including phenoxy) is 2. The summed E-state index contributed by atoms with van der Waals surface area (Å²) in [7, 11) is -4.37. The van der Waals surface area contributed by atoms with Gasteiger partial charge in [-0.25, -0.2) is 14.4 Å². The number of aliphatic hydroxyl groups is 1. The van der Waals surface area contributed by atoms with Crippen molar-refractivity contribution in [1.29, 1.82) is 0 Å². The number of anilines is 1. The quantitative estimate of drug-likeness (QED) is 0.273. The lowest BCUT2D eigenvalue weighted by Crippen LogP contribution is -2.42. The Bertz CT molecular complexity index is 1240. The summed E-state index contributed by atoms with van der Waals surface area (Å²) >= 11 is 0. The van der Waals surface area contributed by atoms with E-state index in [1.807, 2.05) is 0 Å². The molecule has 2 heterocycles. The van der Waals surface area contributed by atoms with Crippen LogP contribution < -0.4 is 16.5 Å². The Balaban J connectivity index is 1.78. The molecular weight excluding hydrogens is 529 g/mol. The zero-order valence-electron chi connectivity index (χ0n) is 21.2. The van der Waals surface area contributed by atoms with Gasteiger partial charge in [0, 0.05) is 6.20 Å². The number of nitrogens with zero attached hydrogens (tertiary/aromatic N) is 2. The van der Waals surface area contributed by atoms with Gasteiger partial charge >= 0.3 is 25.3 Å². The predicted octanol–water partition coefficient (Wildman–Crippen LogP) is 2.30. The maximum atomic E-state index is 14.9. The molecule has 3 unspecified atom stereocenters. The van der Waals surface area contributed by atoms with Crippen molar-refractivity contribution in [2.45, 2.75) is 70.8 Å². The standard InChI is InChI=1S/C23H31F2N4O8P/c1-13(2)36-20(31)15(4)28-38(33,34-11-16-8-6-5-7-14(16)3)35-12-17-19(30)23(24,25)21(37-17)29-10-9-18(26)27-22(29)32/h5-10,13,15,17,19,21,30H,11-12H2,1-4H3,(H,28,33)(H2,26,27,32)/t15-,17?,19?,21?,38+/m0/s1. The summed E-state index contributed by atoms with van der Waals surface area (Å²) in [6.07, 6.45) is -5.89. The van der Waals surface area contributed by atoms with E-state index in [1.165, 1.54) is 6.92 Å². The van der Waals surface area contributed by atoms with E-state index in [-0.39, 0.29) is 12.4 Å². The van der Waals surface area contributed by atoms with E-state index in [0.29, 0.717) is 10.1 Å². The third-order valence-electron chi connectivity index (χ3n) is 5.60. The van der Waals surface area contributed by atoms with Gasteiger partial charge in [0.05, 0.1) is 19.3 Å². The Morgan fingerprint density at radius 3 is 2.61 bits per heavy atom. The summed E-state index contributed by atoms with van der Waals surface area (Å²) in [6, 6.07) is 7.03. The molecule has 0 amide bonds. The zero-order valence-corrected chi connectivity index (χ0v) is 22.1. The number of aliphatic hydroxyl groups excluding tert-OH is 1. The highest BCUT2D eigenvalue weighted by atomic mass is 31.2. The summed E-state index contributed by atoms with van der Waals surface area (Å²) < 4.78 is 65.0. The van der Waals surface area contributed by atoms with Crippen molar-refractivity contribution in [3.63, 3.8) is 0 Å². The fraction of sp³-hybridized carbons (Fsp3) is 0.522. The summed E-state index contributed by atoms with van der Waals surface area (Å²) in [5.74, 6) is -4.87. The molecule has 0 bridgehead atoms. The Morgan fingerprint density at radius 2 is 1.97 bits per heavy atom. The first-order valence-corrected chi connectivity index (χ1v) is 13.3. The van der Waals surface area contributed by atoms with E-state index in [4.69, 9.17) is 24.3 Å². The third-order valence-corrected chi connectivity index (χ3v) is 7.26. The van der Waals surface area contributed by atoms with E-state index in [0.717, 1.165) is 17.8 Å². The maximum Gasteiger partial charge on any atom is 0.406 e. The van der Waals surface area contributed by atoms with E-state index in [2.05, 4.69) is 10.1 Å². The molecule has 4 N–H and O–H groups in total. The molecule has 15 heteroatoms. The lowest BCUT2D eigenvalue weighted by Gasteiger charge is -2.25. The molecule has 1 aliphatic heterocycles. The number of benzene rings is 1. The average molecular weight is 560 g/mol. The second-order valence-electron chi connectivity index (χ2n) is 9.02. The third kappa shape index (κ3) is 7.01. The molecule has 1 saturated heterocycles. The van der Waals surface area contributed by atoms with Crippen LogP contribution >= 0.6 is 7.75 Å². The topological polar surface area (TPSA) is 164 Å². The SMILES string of the molecule is Cc1ccccc1CO[P@](=O)(N[C@@H](C)C(=O)OC(C)C)OCC1OC(n2ccc(N)nc2=O)C(F)(F)C1O. The highest BCUT2D eigenvalue weighted by Crippen LogP contribution is 2.48. The van der Waals surface area contributed by atoms with Gasteiger partial charge in [-0.2, -0.15) is 13.8 Å². The number of aryl methyl sites for hydroxylation is 1. The molecule has 1 fully saturated rings. The Morgan fingerprint density at radius 1 is 1.29 bits per heavy atom. The van der Waals surface area contributed by atoms with Crippen molar-refractivity contribution in [1.82, 2.24) is 14.6 Å². The van der Waals surface area contributed by atoms with Crippen LogP contribution in [0.4, 0.5) is 14.6 Å². The lowest BCUT2D eigenvalue weighted by molar-refractivity contribution is -0.149. The lowest BCUT2D eigenvalue weighted by atomic mass is 10.1. The minimum atomic E-state index is -4.37. The van der Waals surface area contributed by atoms with Crippen molar-refractivity contribution in [2.24, 2.45) is 0 Å². The molecule has 0 aliphatic carbocycles. The molecule has 0 radical (unpaired) electrons. The number of carbonyl (C=O) groups is 1. The van der Waals surface area contributed by atoms with Crippen molar-refractivity contribution in [3.05, 3.63) is 58.1 Å². The first-order chi connectivity index (χ1) is 17.7. The molecule has 0 spiro atoms. The van der Waals surface area contributed by atoms with Gasteiger partial charge in [-0.05, 0) is 44.9 Å². The highest BCUT2D eigenvalue weighted by Gasteiger charge is 2.60. The molecule has 0 saturated carbocycles. The summed E-state index contributed by atoms with van der Waals surface area (Å²) in [5, 5.41) is 12.7. The minimum Gasteiger partial charge on any atom is -0.462 e. The monoisotopic (exact) mass is 560 g/mol. The van der Waals surface area contributed by atoms with Gasteiger partial charge in [-0.15, -0.1) is 0 Å². The molecule has 210 valence electrons. The first kappa shape index (κ1) is 29.8. The molecule has 5 atom stereocenters. The first-order valence-electron chi connectivity index (χ1n) is 11.7. The Hall–Kier alpha value is -2.74. The van der Waals surface area contributed by atoms with Crippen LogP contribution in [0.25, 0.3) is 0 Å². The largest absolute Gasteiger partial charge is 0.462 e. The summed E-state index contributed by atoms with van der Waals surface area (Å²) in [5.41, 5.74) is 5.77. The van der Waals surface area contributed by atoms with Crippen molar-refractivity contribution < 1.29 is 41.8 Å². The maximum absolute atomic E-state index is 14.9. The van der Waals surface area contributed by atoms with Crippen LogP contribution in [0.5, 0.6) is 0 Å². The van der Waals surface area contributed by atoms with E-state index < -0.39 is 62.5 Å². The molecule has 1 aliphatic rings. The van der Waals surface area contributed by atoms with Crippen LogP contribution in [0.1, 0.15) is 38.1 Å². The molecule has 2 aromatic rings. The summed E-state index contributed by atoms with van der Waals surface area (Å²) in [6.45, 7) is 5.39. The van der Waals surface area contributed by atoms with Crippen LogP contribution in [-0.4, -0.2) is 57.5 Å². The Kier molecular flexibility index (Phi) is 9.39. The number of alkyl halides is 2. The van der Waals surface area contributed by atoms with Crippen molar-refractivity contribution in [3.8, 4) is 0 Å². The van der Waals surface area contributed by atoms with Crippen molar-refractivity contribution in [2.75, 3.05) is 12.3 Å². The zero-order chi connectivity index (χ0) is 28.3.